The molecule has 34 heavy (non-hydrogen) atoms. The summed E-state index contributed by atoms with van der Waals surface area (Å²) in [5.74, 6) is 1.47. The zero-order valence-corrected chi connectivity index (χ0v) is 19.9. The minimum absolute atomic E-state index is 0.0331. The molecule has 2 aromatic rings. The monoisotopic (exact) mass is 470 g/mol. The summed E-state index contributed by atoms with van der Waals surface area (Å²) in [7, 11) is 3.16. The van der Waals surface area contributed by atoms with Gasteiger partial charge in [0, 0.05) is 68.5 Å². The number of hydrogen-bond donors (Lipinski definition) is 1. The third-order valence-electron chi connectivity index (χ3n) is 6.28. The molecule has 2 aromatic carbocycles. The summed E-state index contributed by atoms with van der Waals surface area (Å²) in [5, 5.41) is 11.0. The Balaban J connectivity index is 0.000000192. The highest BCUT2D eigenvalue weighted by molar-refractivity contribution is 5.75. The van der Waals surface area contributed by atoms with Crippen molar-refractivity contribution < 1.29 is 24.0 Å². The van der Waals surface area contributed by atoms with Crippen LogP contribution in [-0.2, 0) is 35.5 Å². The lowest BCUT2D eigenvalue weighted by molar-refractivity contribution is -0.385. The first-order valence-corrected chi connectivity index (χ1v) is 11.0. The molecule has 0 aromatic heterocycles. The fraction of sp³-hybridized carbons (Fsp3) is 0.417. The van der Waals surface area contributed by atoms with E-state index in [9.17, 15) is 19.7 Å². The number of amides is 2. The summed E-state index contributed by atoms with van der Waals surface area (Å²) in [6.45, 7) is 5.29. The molecule has 0 spiro atoms. The number of ether oxygens (including phenoxy) is 2. The molecule has 0 saturated carbocycles. The summed E-state index contributed by atoms with van der Waals surface area (Å²) in [4.78, 5) is 36.8. The Morgan fingerprint density at radius 3 is 1.79 bits per heavy atom. The van der Waals surface area contributed by atoms with Gasteiger partial charge in [0.15, 0.2) is 0 Å². The van der Waals surface area contributed by atoms with Crippen LogP contribution < -0.4 is 15.2 Å². The maximum Gasteiger partial charge on any atom is 0.273 e. The van der Waals surface area contributed by atoms with Crippen molar-refractivity contribution in [1.82, 2.24) is 9.80 Å². The molecule has 2 aliphatic rings. The minimum atomic E-state index is -0.387. The topological polar surface area (TPSA) is 128 Å². The van der Waals surface area contributed by atoms with E-state index in [0.29, 0.717) is 37.4 Å². The van der Waals surface area contributed by atoms with Gasteiger partial charge in [0.1, 0.15) is 11.5 Å². The molecule has 10 heteroatoms. The molecule has 182 valence electrons. The van der Waals surface area contributed by atoms with E-state index in [2.05, 4.69) is 0 Å². The van der Waals surface area contributed by atoms with Gasteiger partial charge in [-0.05, 0) is 36.6 Å². The van der Waals surface area contributed by atoms with Crippen molar-refractivity contribution in [1.29, 1.82) is 0 Å². The average molecular weight is 471 g/mol. The van der Waals surface area contributed by atoms with Crippen molar-refractivity contribution in [2.75, 3.05) is 33.0 Å². The second-order valence-corrected chi connectivity index (χ2v) is 8.20. The smallest absolute Gasteiger partial charge is 0.273 e. The molecule has 10 nitrogen and oxygen atoms in total. The number of nitrogens with two attached hydrogens (primary N) is 1. The SMILES string of the molecule is COc1ccc(N)c2c1CN(C(C)=O)CC2.COc1ccc([N+](=O)[O-])c2c1CN(C(C)=O)CC2. The fourth-order valence-corrected chi connectivity index (χ4v) is 4.39. The van der Waals surface area contributed by atoms with Gasteiger partial charge in [0.05, 0.1) is 19.1 Å². The summed E-state index contributed by atoms with van der Waals surface area (Å²) in [5.41, 5.74) is 10.4. The number of benzene rings is 2. The molecule has 2 aliphatic heterocycles. The molecule has 0 aliphatic carbocycles. The number of rotatable bonds is 3. The Labute approximate surface area is 198 Å². The Morgan fingerprint density at radius 1 is 0.853 bits per heavy atom. The number of nitrogen functional groups attached to an aromatic ring is 1. The van der Waals surface area contributed by atoms with Crippen LogP contribution >= 0.6 is 0 Å². The normalized spacial score (nSPS) is 14.2. The average Bonchev–Trinajstić information content (AvgIpc) is 2.83. The highest BCUT2D eigenvalue weighted by Crippen LogP contribution is 2.35. The molecule has 2 heterocycles. The van der Waals surface area contributed by atoms with E-state index >= 15 is 0 Å². The van der Waals surface area contributed by atoms with Gasteiger partial charge in [-0.15, -0.1) is 0 Å². The lowest BCUT2D eigenvalue weighted by Crippen LogP contribution is -2.34. The van der Waals surface area contributed by atoms with Crippen LogP contribution in [0.3, 0.4) is 0 Å². The molecule has 2 N–H and O–H groups in total. The molecular weight excluding hydrogens is 440 g/mol. The standard InChI is InChI=1S/C12H14N2O4.C12H16N2O2/c1-8(15)13-6-5-9-10(7-13)12(18-2)4-3-11(9)14(16)17;1-8(15)14-6-5-9-10(7-14)12(16-2)4-3-11(9)13/h3-4H,5-7H2,1-2H3;3-4H,5-7,13H2,1-2H3. The van der Waals surface area contributed by atoms with Crippen molar-refractivity contribution in [2.24, 2.45) is 0 Å². The molecule has 0 fully saturated rings. The highest BCUT2D eigenvalue weighted by Gasteiger charge is 2.28. The van der Waals surface area contributed by atoms with E-state index in [1.54, 1.807) is 25.0 Å². The fourth-order valence-electron chi connectivity index (χ4n) is 4.39. The lowest BCUT2D eigenvalue weighted by atomic mass is 9.97. The van der Waals surface area contributed by atoms with Gasteiger partial charge >= 0.3 is 0 Å². The van der Waals surface area contributed by atoms with Crippen LogP contribution in [0.25, 0.3) is 0 Å². The van der Waals surface area contributed by atoms with Crippen LogP contribution in [0.4, 0.5) is 11.4 Å². The van der Waals surface area contributed by atoms with Gasteiger partial charge in [0.2, 0.25) is 11.8 Å². The molecule has 0 saturated heterocycles. The quantitative estimate of drug-likeness (QED) is 0.415. The van der Waals surface area contributed by atoms with Crippen molar-refractivity contribution in [2.45, 2.75) is 39.8 Å². The van der Waals surface area contributed by atoms with E-state index in [4.69, 9.17) is 15.2 Å². The van der Waals surface area contributed by atoms with E-state index < -0.39 is 0 Å². The summed E-state index contributed by atoms with van der Waals surface area (Å²) in [6, 6.07) is 6.76. The number of carbonyl (C=O) groups is 2. The number of carbonyl (C=O) groups excluding carboxylic acids is 2. The van der Waals surface area contributed by atoms with Gasteiger partial charge in [-0.1, -0.05) is 0 Å². The maximum absolute atomic E-state index is 11.4. The predicted molar refractivity (Wildman–Crippen MR) is 127 cm³/mol. The molecule has 0 unspecified atom stereocenters. The zero-order chi connectivity index (χ0) is 25.0. The Morgan fingerprint density at radius 2 is 1.32 bits per heavy atom. The molecule has 0 atom stereocenters. The number of hydrogen-bond acceptors (Lipinski definition) is 7. The number of methoxy groups -OCH3 is 2. The first kappa shape index (κ1) is 24.8. The predicted octanol–water partition coefficient (Wildman–Crippen LogP) is 2.69. The minimum Gasteiger partial charge on any atom is -0.496 e. The van der Waals surface area contributed by atoms with Crippen LogP contribution in [0.2, 0.25) is 0 Å². The van der Waals surface area contributed by atoms with E-state index in [-0.39, 0.29) is 22.4 Å². The van der Waals surface area contributed by atoms with Crippen LogP contribution in [-0.4, -0.2) is 53.8 Å². The van der Waals surface area contributed by atoms with Gasteiger partial charge in [-0.2, -0.15) is 0 Å². The second kappa shape index (κ2) is 10.4. The van der Waals surface area contributed by atoms with Gasteiger partial charge in [0.25, 0.3) is 5.69 Å². The van der Waals surface area contributed by atoms with Crippen LogP contribution in [0.5, 0.6) is 11.5 Å². The van der Waals surface area contributed by atoms with Crippen molar-refractivity contribution in [3.05, 3.63) is 56.6 Å². The number of nitro groups is 1. The molecule has 0 bridgehead atoms. The van der Waals surface area contributed by atoms with Crippen LogP contribution in [0, 0.1) is 10.1 Å². The van der Waals surface area contributed by atoms with Crippen LogP contribution in [0.15, 0.2) is 24.3 Å². The summed E-state index contributed by atoms with van der Waals surface area (Å²) < 4.78 is 10.5. The summed E-state index contributed by atoms with van der Waals surface area (Å²) in [6.07, 6.45) is 1.29. The van der Waals surface area contributed by atoms with Gasteiger partial charge < -0.3 is 25.0 Å². The second-order valence-electron chi connectivity index (χ2n) is 8.20. The maximum atomic E-state index is 11.4. The Kier molecular flexibility index (Phi) is 7.60. The summed E-state index contributed by atoms with van der Waals surface area (Å²) >= 11 is 0. The van der Waals surface area contributed by atoms with Crippen molar-refractivity contribution >= 4 is 23.2 Å². The van der Waals surface area contributed by atoms with E-state index in [1.807, 2.05) is 17.0 Å². The first-order chi connectivity index (χ1) is 16.2. The largest absolute Gasteiger partial charge is 0.496 e. The van der Waals surface area contributed by atoms with Crippen molar-refractivity contribution in [3.8, 4) is 11.5 Å². The molecular formula is C24H30N4O6. The number of nitrogens with zero attached hydrogens (tertiary/aromatic N) is 3. The number of fused-ring (bicyclic) bond motifs is 2. The van der Waals surface area contributed by atoms with Crippen LogP contribution in [0.1, 0.15) is 36.1 Å². The Bertz CT molecular complexity index is 1120. The third kappa shape index (κ3) is 5.05. The molecule has 0 radical (unpaired) electrons. The van der Waals surface area contributed by atoms with E-state index in [0.717, 1.165) is 41.1 Å². The molecule has 2 amide bonds. The van der Waals surface area contributed by atoms with Gasteiger partial charge in [-0.25, -0.2) is 0 Å². The first-order valence-electron chi connectivity index (χ1n) is 11.0. The lowest BCUT2D eigenvalue weighted by Gasteiger charge is -2.29. The Hall–Kier alpha value is -3.82. The molecule has 4 rings (SSSR count). The van der Waals surface area contributed by atoms with E-state index in [1.165, 1.54) is 20.1 Å². The number of anilines is 1. The third-order valence-corrected chi connectivity index (χ3v) is 6.28. The van der Waals surface area contributed by atoms with Gasteiger partial charge in [-0.3, -0.25) is 19.7 Å². The highest BCUT2D eigenvalue weighted by atomic mass is 16.6. The zero-order valence-electron chi connectivity index (χ0n) is 19.9. The number of nitro benzene ring substituents is 1. The van der Waals surface area contributed by atoms with Crippen molar-refractivity contribution in [3.63, 3.8) is 0 Å².